The largest absolute Gasteiger partial charge is 0.447 e. The van der Waals surface area contributed by atoms with Gasteiger partial charge in [0.15, 0.2) is 0 Å². The maximum atomic E-state index is 11.0. The van der Waals surface area contributed by atoms with Gasteiger partial charge in [0.05, 0.1) is 25.4 Å². The van der Waals surface area contributed by atoms with E-state index in [0.29, 0.717) is 0 Å². The van der Waals surface area contributed by atoms with Gasteiger partial charge in [0.25, 0.3) is 0 Å². The fourth-order valence-corrected chi connectivity index (χ4v) is 0.763. The molecular weight excluding hydrogens is 214 g/mol. The molecule has 16 heavy (non-hydrogen) atoms. The lowest BCUT2D eigenvalue weighted by Gasteiger charge is -2.22. The van der Waals surface area contributed by atoms with E-state index in [1.54, 1.807) is 13.8 Å². The van der Waals surface area contributed by atoms with Crippen LogP contribution in [0.3, 0.4) is 0 Å². The number of aliphatic hydroxyl groups is 1. The molecule has 0 saturated carbocycles. The van der Waals surface area contributed by atoms with Crippen molar-refractivity contribution < 1.29 is 19.4 Å². The van der Waals surface area contributed by atoms with Crippen LogP contribution < -0.4 is 5.32 Å². The van der Waals surface area contributed by atoms with Crippen LogP contribution in [0.25, 0.3) is 0 Å². The number of carbonyl (C=O) groups excluding carboxylic acids is 1. The van der Waals surface area contributed by atoms with Crippen LogP contribution in [-0.4, -0.2) is 49.7 Å². The summed E-state index contributed by atoms with van der Waals surface area (Å²) in [6, 6.07) is 0. The van der Waals surface area contributed by atoms with Crippen molar-refractivity contribution in [3.05, 3.63) is 0 Å². The summed E-state index contributed by atoms with van der Waals surface area (Å²) in [7, 11) is 0. The molecule has 0 fully saturated rings. The van der Waals surface area contributed by atoms with Gasteiger partial charge in [-0.3, -0.25) is 0 Å². The number of rotatable bonds is 8. The lowest BCUT2D eigenvalue weighted by molar-refractivity contribution is -0.0653. The highest BCUT2D eigenvalue weighted by Gasteiger charge is 2.16. The Labute approximate surface area is 94.6 Å². The van der Waals surface area contributed by atoms with Gasteiger partial charge >= 0.3 is 6.09 Å². The molecule has 7 heteroatoms. The molecule has 0 aromatic heterocycles. The maximum Gasteiger partial charge on any atom is 0.407 e. The molecule has 3 N–H and O–H groups in total. The van der Waals surface area contributed by atoms with E-state index >= 15 is 0 Å². The van der Waals surface area contributed by atoms with Gasteiger partial charge in [-0.2, -0.15) is 5.11 Å². The Morgan fingerprint density at radius 3 is 2.75 bits per heavy atom. The van der Waals surface area contributed by atoms with Gasteiger partial charge in [-0.25, -0.2) is 10.3 Å². The average Bonchev–Trinajstić information content (AvgIpc) is 2.25. The predicted octanol–water partition coefficient (Wildman–Crippen LogP) is 0.531. The fraction of sp³-hybridized carbons (Fsp3) is 0.889. The molecule has 7 nitrogen and oxygen atoms in total. The van der Waals surface area contributed by atoms with Crippen LogP contribution in [0.1, 0.15) is 13.8 Å². The van der Waals surface area contributed by atoms with E-state index in [1.165, 1.54) is 0 Å². The Bertz CT molecular complexity index is 221. The van der Waals surface area contributed by atoms with Crippen molar-refractivity contribution in [2.24, 2.45) is 5.11 Å². The molecular formula is C9H19N3O4. The van der Waals surface area contributed by atoms with Crippen LogP contribution in [0.4, 0.5) is 4.79 Å². The van der Waals surface area contributed by atoms with Crippen molar-refractivity contribution in [2.75, 3.05) is 32.9 Å². The first-order chi connectivity index (χ1) is 7.52. The van der Waals surface area contributed by atoms with Crippen molar-refractivity contribution in [3.63, 3.8) is 0 Å². The lowest BCUT2D eigenvalue weighted by Crippen LogP contribution is -2.32. The van der Waals surface area contributed by atoms with Crippen molar-refractivity contribution in [1.82, 2.24) is 5.32 Å². The van der Waals surface area contributed by atoms with Crippen LogP contribution in [0.5, 0.6) is 0 Å². The van der Waals surface area contributed by atoms with Gasteiger partial charge in [0.1, 0.15) is 6.61 Å². The third-order valence-corrected chi connectivity index (χ3v) is 1.68. The molecule has 94 valence electrons. The fourth-order valence-electron chi connectivity index (χ4n) is 0.763. The summed E-state index contributed by atoms with van der Waals surface area (Å²) in [6.45, 7) is 4.25. The third-order valence-electron chi connectivity index (χ3n) is 1.68. The Kier molecular flexibility index (Phi) is 7.40. The first kappa shape index (κ1) is 14.8. The molecule has 0 bridgehead atoms. The zero-order chi connectivity index (χ0) is 12.4. The monoisotopic (exact) mass is 233 g/mol. The molecule has 0 radical (unpaired) electrons. The van der Waals surface area contributed by atoms with E-state index in [9.17, 15) is 4.79 Å². The zero-order valence-corrected chi connectivity index (χ0v) is 9.65. The van der Waals surface area contributed by atoms with Crippen LogP contribution >= 0.6 is 0 Å². The second kappa shape index (κ2) is 8.00. The SMILES string of the molecule is CC(C)(CO)OCCOC(=O)NCCN=N. The van der Waals surface area contributed by atoms with Gasteiger partial charge in [-0.1, -0.05) is 0 Å². The number of alkyl carbamates (subject to hydrolysis) is 1. The van der Waals surface area contributed by atoms with E-state index < -0.39 is 11.7 Å². The first-order valence-electron chi connectivity index (χ1n) is 5.00. The minimum atomic E-state index is -0.621. The topological polar surface area (TPSA) is 104 Å². The number of hydrogen-bond acceptors (Lipinski definition) is 6. The van der Waals surface area contributed by atoms with E-state index in [1.807, 2.05) is 0 Å². The maximum absolute atomic E-state index is 11.0. The second-order valence-corrected chi connectivity index (χ2v) is 3.71. The average molecular weight is 233 g/mol. The molecule has 0 saturated heterocycles. The molecule has 1 amide bonds. The van der Waals surface area contributed by atoms with Gasteiger partial charge < -0.3 is 19.9 Å². The van der Waals surface area contributed by atoms with Crippen molar-refractivity contribution in [1.29, 1.82) is 5.53 Å². The Balaban J connectivity index is 3.44. The van der Waals surface area contributed by atoms with Crippen LogP contribution in [0.15, 0.2) is 5.11 Å². The van der Waals surface area contributed by atoms with Gasteiger partial charge in [0, 0.05) is 6.54 Å². The second-order valence-electron chi connectivity index (χ2n) is 3.71. The van der Waals surface area contributed by atoms with Gasteiger partial charge in [-0.15, -0.1) is 0 Å². The Hall–Kier alpha value is -1.21. The molecule has 0 heterocycles. The molecule has 0 aromatic carbocycles. The smallest absolute Gasteiger partial charge is 0.407 e. The summed E-state index contributed by atoms with van der Waals surface area (Å²) >= 11 is 0. The van der Waals surface area contributed by atoms with Crippen molar-refractivity contribution in [3.8, 4) is 0 Å². The summed E-state index contributed by atoms with van der Waals surface area (Å²) in [5.41, 5.74) is 5.87. The van der Waals surface area contributed by atoms with E-state index in [-0.39, 0.29) is 32.9 Å². The van der Waals surface area contributed by atoms with Gasteiger partial charge in [0.2, 0.25) is 0 Å². The molecule has 0 rings (SSSR count). The molecule has 0 aliphatic heterocycles. The summed E-state index contributed by atoms with van der Waals surface area (Å²) in [5, 5.41) is 14.4. The van der Waals surface area contributed by atoms with Crippen LogP contribution in [-0.2, 0) is 9.47 Å². The minimum Gasteiger partial charge on any atom is -0.447 e. The number of aliphatic hydroxyl groups excluding tert-OH is 1. The lowest BCUT2D eigenvalue weighted by atomic mass is 10.1. The Morgan fingerprint density at radius 2 is 2.19 bits per heavy atom. The molecule has 0 aliphatic rings. The van der Waals surface area contributed by atoms with Crippen LogP contribution in [0.2, 0.25) is 0 Å². The molecule has 0 atom stereocenters. The number of nitrogens with zero attached hydrogens (tertiary/aromatic N) is 1. The highest BCUT2D eigenvalue weighted by Crippen LogP contribution is 2.06. The number of nitrogens with one attached hydrogen (secondary N) is 2. The summed E-state index contributed by atoms with van der Waals surface area (Å²) in [5.74, 6) is 0. The number of hydrogen-bond donors (Lipinski definition) is 3. The van der Waals surface area contributed by atoms with Gasteiger partial charge in [-0.05, 0) is 13.8 Å². The normalized spacial score (nSPS) is 10.9. The van der Waals surface area contributed by atoms with Crippen molar-refractivity contribution in [2.45, 2.75) is 19.4 Å². The summed E-state index contributed by atoms with van der Waals surface area (Å²) < 4.78 is 10.0. The zero-order valence-electron chi connectivity index (χ0n) is 9.65. The summed E-state index contributed by atoms with van der Waals surface area (Å²) in [4.78, 5) is 11.0. The number of carbonyl (C=O) groups is 1. The molecule has 0 aliphatic carbocycles. The Morgan fingerprint density at radius 1 is 1.50 bits per heavy atom. The quantitative estimate of drug-likeness (QED) is 0.420. The third kappa shape index (κ3) is 8.13. The standard InChI is InChI=1S/C9H19N3O4/c1-9(2,7-13)16-6-5-15-8(14)11-3-4-12-10/h10,13H,3-7H2,1-2H3,(H,11,14). The van der Waals surface area contributed by atoms with Crippen LogP contribution in [0, 0.1) is 5.53 Å². The number of amides is 1. The van der Waals surface area contributed by atoms with Crippen molar-refractivity contribution >= 4 is 6.09 Å². The first-order valence-corrected chi connectivity index (χ1v) is 5.00. The number of ether oxygens (including phenoxy) is 2. The summed E-state index contributed by atoms with van der Waals surface area (Å²) in [6.07, 6.45) is -0.561. The molecule has 0 aromatic rings. The molecule has 0 spiro atoms. The van der Waals surface area contributed by atoms with E-state index in [4.69, 9.17) is 20.1 Å². The van der Waals surface area contributed by atoms with E-state index in [2.05, 4.69) is 10.4 Å². The van der Waals surface area contributed by atoms with E-state index in [0.717, 1.165) is 0 Å². The predicted molar refractivity (Wildman–Crippen MR) is 56.5 cm³/mol. The molecule has 0 unspecified atom stereocenters. The highest BCUT2D eigenvalue weighted by atomic mass is 16.6. The minimum absolute atomic E-state index is 0.0931. The highest BCUT2D eigenvalue weighted by molar-refractivity contribution is 5.67.